The number of carbonyl (C=O) groups excluding carboxylic acids is 1. The molecule has 0 saturated heterocycles. The van der Waals surface area contributed by atoms with Crippen LogP contribution in [0.1, 0.15) is 60.1 Å². The molecular formula is C33H29NO8. The van der Waals surface area contributed by atoms with E-state index in [2.05, 4.69) is 5.32 Å². The molecule has 4 aromatic carbocycles. The third-order valence-electron chi connectivity index (χ3n) is 6.91. The molecule has 0 amide bonds. The van der Waals surface area contributed by atoms with Gasteiger partial charge < -0.3 is 25.4 Å². The van der Waals surface area contributed by atoms with Crippen molar-refractivity contribution in [3.8, 4) is 5.75 Å². The van der Waals surface area contributed by atoms with Crippen molar-refractivity contribution in [1.29, 1.82) is 0 Å². The van der Waals surface area contributed by atoms with E-state index in [0.717, 1.165) is 16.8 Å². The first-order valence-electron chi connectivity index (χ1n) is 13.1. The van der Waals surface area contributed by atoms with E-state index < -0.39 is 29.9 Å². The third-order valence-corrected chi connectivity index (χ3v) is 6.91. The average Bonchev–Trinajstić information content (AvgIpc) is 3.33. The number of carboxylic acids is 3. The topological polar surface area (TPSA) is 150 Å². The summed E-state index contributed by atoms with van der Waals surface area (Å²) in [7, 11) is 0. The molecule has 4 aromatic rings. The summed E-state index contributed by atoms with van der Waals surface area (Å²) in [5.74, 6) is -3.08. The fourth-order valence-electron chi connectivity index (χ4n) is 4.80. The van der Waals surface area contributed by atoms with Gasteiger partial charge in [-0.05, 0) is 53.9 Å². The molecule has 0 aliphatic carbocycles. The van der Waals surface area contributed by atoms with Crippen LogP contribution in [0.15, 0.2) is 97.1 Å². The van der Waals surface area contributed by atoms with Crippen LogP contribution in [0.5, 0.6) is 5.75 Å². The molecule has 1 heterocycles. The number of Topliss-reactive ketones (excluding diaryl/α,β-unsaturated/α-hetero) is 1. The van der Waals surface area contributed by atoms with Crippen molar-refractivity contribution in [2.45, 2.75) is 31.9 Å². The number of aromatic carboxylic acids is 2. The van der Waals surface area contributed by atoms with E-state index in [1.807, 2.05) is 54.6 Å². The molecule has 0 fully saturated rings. The van der Waals surface area contributed by atoms with Crippen LogP contribution >= 0.6 is 0 Å². The number of ether oxygens (including phenoxy) is 1. The number of benzene rings is 4. The molecule has 0 spiro atoms. The third kappa shape index (κ3) is 7.00. The van der Waals surface area contributed by atoms with Crippen molar-refractivity contribution in [1.82, 2.24) is 0 Å². The second kappa shape index (κ2) is 13.3. The lowest BCUT2D eigenvalue weighted by atomic mass is 9.87. The molecule has 1 aliphatic rings. The second-order valence-electron chi connectivity index (χ2n) is 9.67. The van der Waals surface area contributed by atoms with Gasteiger partial charge in [0, 0.05) is 17.2 Å². The highest BCUT2D eigenvalue weighted by Gasteiger charge is 2.38. The van der Waals surface area contributed by atoms with Gasteiger partial charge in [0.05, 0.1) is 23.6 Å². The summed E-state index contributed by atoms with van der Waals surface area (Å²) in [6.45, 7) is 1.90. The maximum absolute atomic E-state index is 13.0. The van der Waals surface area contributed by atoms with Gasteiger partial charge in [0.25, 0.3) is 0 Å². The lowest BCUT2D eigenvalue weighted by Gasteiger charge is -2.18. The van der Waals surface area contributed by atoms with Crippen LogP contribution in [0.4, 0.5) is 5.69 Å². The van der Waals surface area contributed by atoms with Gasteiger partial charge in [-0.2, -0.15) is 0 Å². The molecule has 214 valence electrons. The van der Waals surface area contributed by atoms with Gasteiger partial charge in [-0.1, -0.05) is 66.7 Å². The monoisotopic (exact) mass is 567 g/mol. The van der Waals surface area contributed by atoms with E-state index in [1.54, 1.807) is 24.3 Å². The Morgan fingerprint density at radius 1 is 0.762 bits per heavy atom. The van der Waals surface area contributed by atoms with E-state index in [9.17, 15) is 24.3 Å². The lowest BCUT2D eigenvalue weighted by molar-refractivity contribution is -0.137. The first kappa shape index (κ1) is 29.5. The Kier molecular flexibility index (Phi) is 9.34. The molecule has 0 saturated carbocycles. The van der Waals surface area contributed by atoms with Crippen molar-refractivity contribution in [3.05, 3.63) is 130 Å². The number of rotatable bonds is 9. The number of anilines is 1. The highest BCUT2D eigenvalue weighted by molar-refractivity contribution is 6.04. The molecule has 2 unspecified atom stereocenters. The standard InChI is InChI=1S/C24H21NO4.C9H8O4/c26-22(27)14-20-19-13-18(29-15-16-7-3-1-4-8-16)11-12-21(19)25-23(20)24(28)17-9-5-2-6-10-17;1-5-6(8(10)11)3-2-4-7(5)9(12)13/h1-13,20,23,25H,14-15H2,(H,26,27);2-4H,1H3,(H,10,11)(H,12,13). The Labute approximate surface area is 242 Å². The summed E-state index contributed by atoms with van der Waals surface area (Å²) in [5, 5.41) is 30.0. The molecule has 42 heavy (non-hydrogen) atoms. The smallest absolute Gasteiger partial charge is 0.335 e. The molecule has 9 heteroatoms. The van der Waals surface area contributed by atoms with Crippen LogP contribution in [-0.2, 0) is 11.4 Å². The molecule has 2 atom stereocenters. The van der Waals surface area contributed by atoms with E-state index in [-0.39, 0.29) is 28.9 Å². The van der Waals surface area contributed by atoms with Gasteiger partial charge in [0.15, 0.2) is 5.78 Å². The van der Waals surface area contributed by atoms with Gasteiger partial charge in [0.2, 0.25) is 0 Å². The summed E-state index contributed by atoms with van der Waals surface area (Å²) in [6, 6.07) is 27.9. The van der Waals surface area contributed by atoms with Crippen molar-refractivity contribution in [3.63, 3.8) is 0 Å². The quantitative estimate of drug-likeness (QED) is 0.181. The summed E-state index contributed by atoms with van der Waals surface area (Å²) >= 11 is 0. The van der Waals surface area contributed by atoms with Crippen LogP contribution in [0.25, 0.3) is 0 Å². The minimum absolute atomic E-state index is 0.0277. The Morgan fingerprint density at radius 2 is 1.36 bits per heavy atom. The van der Waals surface area contributed by atoms with Gasteiger partial charge in [0.1, 0.15) is 12.4 Å². The summed E-state index contributed by atoms with van der Waals surface area (Å²) < 4.78 is 5.89. The Hall–Kier alpha value is -5.44. The normalized spacial score (nSPS) is 14.9. The number of carbonyl (C=O) groups is 4. The van der Waals surface area contributed by atoms with Crippen molar-refractivity contribution in [2.75, 3.05) is 5.32 Å². The second-order valence-corrected chi connectivity index (χ2v) is 9.67. The lowest BCUT2D eigenvalue weighted by Crippen LogP contribution is -2.31. The zero-order valence-electron chi connectivity index (χ0n) is 22.7. The number of ketones is 1. The Morgan fingerprint density at radius 3 is 1.93 bits per heavy atom. The first-order chi connectivity index (χ1) is 20.2. The maximum atomic E-state index is 13.0. The molecular weight excluding hydrogens is 538 g/mol. The van der Waals surface area contributed by atoms with Crippen LogP contribution < -0.4 is 10.1 Å². The largest absolute Gasteiger partial charge is 0.489 e. The number of carboxylic acid groups (broad SMARTS) is 3. The molecule has 9 nitrogen and oxygen atoms in total. The molecule has 0 aromatic heterocycles. The Balaban J connectivity index is 0.000000262. The summed E-state index contributed by atoms with van der Waals surface area (Å²) in [5.41, 5.74) is 3.52. The maximum Gasteiger partial charge on any atom is 0.335 e. The SMILES string of the molecule is Cc1c(C(=O)O)cccc1C(=O)O.O=C(O)CC1c2cc(OCc3ccccc3)ccc2NC1C(=O)c1ccccc1. The summed E-state index contributed by atoms with van der Waals surface area (Å²) in [4.78, 5) is 45.7. The fourth-order valence-corrected chi connectivity index (χ4v) is 4.80. The highest BCUT2D eigenvalue weighted by Crippen LogP contribution is 2.41. The number of aliphatic carboxylic acids is 1. The zero-order chi connectivity index (χ0) is 30.2. The van der Waals surface area contributed by atoms with Gasteiger partial charge in [-0.15, -0.1) is 0 Å². The van der Waals surface area contributed by atoms with E-state index in [4.69, 9.17) is 14.9 Å². The molecule has 0 radical (unpaired) electrons. The van der Waals surface area contributed by atoms with E-state index in [1.165, 1.54) is 25.1 Å². The zero-order valence-corrected chi connectivity index (χ0v) is 22.7. The molecule has 5 rings (SSSR count). The van der Waals surface area contributed by atoms with Gasteiger partial charge in [-0.3, -0.25) is 9.59 Å². The van der Waals surface area contributed by atoms with Crippen LogP contribution in [0.3, 0.4) is 0 Å². The van der Waals surface area contributed by atoms with E-state index >= 15 is 0 Å². The van der Waals surface area contributed by atoms with Crippen LogP contribution in [0, 0.1) is 6.92 Å². The number of nitrogens with one attached hydrogen (secondary N) is 1. The number of fused-ring (bicyclic) bond motifs is 1. The number of hydrogen-bond acceptors (Lipinski definition) is 6. The van der Waals surface area contributed by atoms with Crippen LogP contribution in [-0.4, -0.2) is 45.1 Å². The Bertz CT molecular complexity index is 1570. The highest BCUT2D eigenvalue weighted by atomic mass is 16.5. The summed E-state index contributed by atoms with van der Waals surface area (Å²) in [6.07, 6.45) is -0.134. The van der Waals surface area contributed by atoms with Gasteiger partial charge in [-0.25, -0.2) is 9.59 Å². The fraction of sp³-hybridized carbons (Fsp3) is 0.152. The van der Waals surface area contributed by atoms with E-state index in [0.29, 0.717) is 17.9 Å². The minimum atomic E-state index is -1.11. The van der Waals surface area contributed by atoms with Crippen molar-refractivity contribution < 1.29 is 39.2 Å². The molecule has 4 N–H and O–H groups in total. The predicted molar refractivity (Wildman–Crippen MR) is 155 cm³/mol. The first-order valence-corrected chi connectivity index (χ1v) is 13.1. The molecule has 1 aliphatic heterocycles. The van der Waals surface area contributed by atoms with Crippen molar-refractivity contribution in [2.24, 2.45) is 0 Å². The predicted octanol–water partition coefficient (Wildman–Crippen LogP) is 5.89. The average molecular weight is 568 g/mol. The molecule has 0 bridgehead atoms. The van der Waals surface area contributed by atoms with Gasteiger partial charge >= 0.3 is 17.9 Å². The van der Waals surface area contributed by atoms with Crippen molar-refractivity contribution >= 4 is 29.4 Å². The minimum Gasteiger partial charge on any atom is -0.489 e. The van der Waals surface area contributed by atoms with Crippen LogP contribution in [0.2, 0.25) is 0 Å². The number of hydrogen-bond donors (Lipinski definition) is 4.